The zero-order valence-electron chi connectivity index (χ0n) is 10.9. The van der Waals surface area contributed by atoms with Gasteiger partial charge in [0.25, 0.3) is 0 Å². The van der Waals surface area contributed by atoms with Crippen LogP contribution in [0.2, 0.25) is 0 Å². The van der Waals surface area contributed by atoms with Crippen molar-refractivity contribution >= 4 is 31.8 Å². The quantitative estimate of drug-likeness (QED) is 0.639. The third-order valence-corrected chi connectivity index (χ3v) is 5.51. The molecule has 3 N–H and O–H groups in total. The first-order valence-corrected chi connectivity index (χ1v) is 8.12. The second-order valence-corrected chi connectivity index (χ2v) is 8.22. The van der Waals surface area contributed by atoms with Crippen LogP contribution in [0.1, 0.15) is 20.3 Å². The van der Waals surface area contributed by atoms with Gasteiger partial charge in [0.2, 0.25) is 10.0 Å². The van der Waals surface area contributed by atoms with Gasteiger partial charge >= 0.3 is 0 Å². The lowest BCUT2D eigenvalue weighted by Gasteiger charge is -2.20. The lowest BCUT2D eigenvalue weighted by Crippen LogP contribution is -2.31. The molecule has 0 unspecified atom stereocenters. The third kappa shape index (κ3) is 2.91. The van der Waals surface area contributed by atoms with E-state index in [4.69, 9.17) is 5.84 Å². The Morgan fingerprint density at radius 3 is 2.74 bits per heavy atom. The van der Waals surface area contributed by atoms with Gasteiger partial charge in [0.15, 0.2) is 5.82 Å². The Labute approximate surface area is 121 Å². The van der Waals surface area contributed by atoms with Crippen LogP contribution in [0.3, 0.4) is 0 Å². The van der Waals surface area contributed by atoms with Crippen molar-refractivity contribution in [3.8, 4) is 0 Å². The number of pyridine rings is 1. The summed E-state index contributed by atoms with van der Waals surface area (Å²) in [5, 5.41) is 0. The standard InChI is InChI=1S/C11H17BrN4O2S/c1-11(2)3-4-16(7-11)19(17,18)9-5-8(12)6-14-10(9)15-13/h5-6H,3-4,7,13H2,1-2H3,(H,14,15). The maximum Gasteiger partial charge on any atom is 0.246 e. The fourth-order valence-electron chi connectivity index (χ4n) is 2.13. The van der Waals surface area contributed by atoms with Crippen LogP contribution in [0.25, 0.3) is 0 Å². The van der Waals surface area contributed by atoms with Crippen LogP contribution in [0, 0.1) is 5.41 Å². The van der Waals surface area contributed by atoms with Crippen LogP contribution in [-0.2, 0) is 10.0 Å². The summed E-state index contributed by atoms with van der Waals surface area (Å²) in [5.74, 6) is 5.50. The molecule has 0 spiro atoms. The van der Waals surface area contributed by atoms with Crippen LogP contribution in [-0.4, -0.2) is 30.8 Å². The molecule has 0 saturated carbocycles. The van der Waals surface area contributed by atoms with Crippen molar-refractivity contribution < 1.29 is 8.42 Å². The van der Waals surface area contributed by atoms with Crippen molar-refractivity contribution in [2.24, 2.45) is 11.3 Å². The average molecular weight is 349 g/mol. The zero-order valence-corrected chi connectivity index (χ0v) is 13.3. The normalized spacial score (nSPS) is 19.6. The molecule has 0 bridgehead atoms. The number of hydrogen-bond acceptors (Lipinski definition) is 5. The molecule has 1 fully saturated rings. The summed E-state index contributed by atoms with van der Waals surface area (Å²) in [6, 6.07) is 1.52. The highest BCUT2D eigenvalue weighted by Gasteiger charge is 2.38. The van der Waals surface area contributed by atoms with Gasteiger partial charge in [-0.25, -0.2) is 19.2 Å². The SMILES string of the molecule is CC1(C)CCN(S(=O)(=O)c2cc(Br)cnc2NN)C1. The number of nitrogen functional groups attached to an aromatic ring is 1. The first-order valence-electron chi connectivity index (χ1n) is 5.89. The average Bonchev–Trinajstić information content (AvgIpc) is 2.70. The maximum absolute atomic E-state index is 12.6. The van der Waals surface area contributed by atoms with E-state index >= 15 is 0 Å². The molecule has 6 nitrogen and oxygen atoms in total. The summed E-state index contributed by atoms with van der Waals surface area (Å²) in [6.07, 6.45) is 2.35. The van der Waals surface area contributed by atoms with Gasteiger partial charge in [0.05, 0.1) is 0 Å². The Morgan fingerprint density at radius 1 is 1.53 bits per heavy atom. The molecule has 1 aromatic rings. The summed E-state index contributed by atoms with van der Waals surface area (Å²) >= 11 is 3.23. The molecule has 1 aromatic heterocycles. The molecule has 2 heterocycles. The summed E-state index contributed by atoms with van der Waals surface area (Å²) < 4.78 is 27.3. The Hall–Kier alpha value is -0.700. The minimum Gasteiger partial charge on any atom is -0.307 e. The largest absolute Gasteiger partial charge is 0.307 e. The summed E-state index contributed by atoms with van der Waals surface area (Å²) in [6.45, 7) is 5.14. The van der Waals surface area contributed by atoms with E-state index in [9.17, 15) is 8.42 Å². The minimum absolute atomic E-state index is 0.00280. The van der Waals surface area contributed by atoms with Gasteiger partial charge < -0.3 is 5.43 Å². The van der Waals surface area contributed by atoms with Gasteiger partial charge in [-0.15, -0.1) is 0 Å². The molecule has 0 amide bonds. The number of sulfonamides is 1. The molecule has 0 radical (unpaired) electrons. The molecule has 19 heavy (non-hydrogen) atoms. The Kier molecular flexibility index (Phi) is 3.87. The van der Waals surface area contributed by atoms with E-state index in [1.807, 2.05) is 0 Å². The molecule has 0 aliphatic carbocycles. The van der Waals surface area contributed by atoms with Gasteiger partial charge in [-0.2, -0.15) is 4.31 Å². The first kappa shape index (κ1) is 14.7. The van der Waals surface area contributed by atoms with E-state index in [0.29, 0.717) is 17.6 Å². The highest BCUT2D eigenvalue weighted by molar-refractivity contribution is 9.10. The minimum atomic E-state index is -3.58. The highest BCUT2D eigenvalue weighted by Crippen LogP contribution is 2.34. The number of halogens is 1. The number of aromatic nitrogens is 1. The van der Waals surface area contributed by atoms with Gasteiger partial charge in [-0.3, -0.25) is 0 Å². The van der Waals surface area contributed by atoms with E-state index in [2.05, 4.69) is 40.2 Å². The topological polar surface area (TPSA) is 88.3 Å². The number of anilines is 1. The van der Waals surface area contributed by atoms with E-state index in [1.54, 1.807) is 0 Å². The Morgan fingerprint density at radius 2 is 2.21 bits per heavy atom. The van der Waals surface area contributed by atoms with E-state index in [-0.39, 0.29) is 16.1 Å². The van der Waals surface area contributed by atoms with Crippen molar-refractivity contribution in [3.05, 3.63) is 16.7 Å². The molecule has 8 heteroatoms. The lowest BCUT2D eigenvalue weighted by molar-refractivity contribution is 0.375. The molecule has 1 aliphatic heterocycles. The highest BCUT2D eigenvalue weighted by atomic mass is 79.9. The molecular formula is C11H17BrN4O2S. The van der Waals surface area contributed by atoms with Crippen LogP contribution < -0.4 is 11.3 Å². The van der Waals surface area contributed by atoms with Gasteiger partial charge in [0.1, 0.15) is 4.90 Å². The fraction of sp³-hybridized carbons (Fsp3) is 0.545. The molecule has 1 aliphatic rings. The molecule has 2 rings (SSSR count). The maximum atomic E-state index is 12.6. The molecule has 0 atom stereocenters. The van der Waals surface area contributed by atoms with Crippen molar-refractivity contribution in [1.29, 1.82) is 0 Å². The molecule has 1 saturated heterocycles. The fourth-order valence-corrected chi connectivity index (χ4v) is 4.38. The summed E-state index contributed by atoms with van der Waals surface area (Å²) in [4.78, 5) is 4.08. The van der Waals surface area contributed by atoms with Crippen molar-refractivity contribution in [1.82, 2.24) is 9.29 Å². The Bertz CT molecular complexity index is 588. The van der Waals surface area contributed by atoms with E-state index in [0.717, 1.165) is 6.42 Å². The second-order valence-electron chi connectivity index (χ2n) is 5.40. The van der Waals surface area contributed by atoms with Gasteiger partial charge in [-0.1, -0.05) is 13.8 Å². The predicted octanol–water partition coefficient (Wildman–Crippen LogP) is 1.55. The summed E-state index contributed by atoms with van der Waals surface area (Å²) in [7, 11) is -3.58. The first-order chi connectivity index (χ1) is 8.76. The third-order valence-electron chi connectivity index (χ3n) is 3.22. The lowest BCUT2D eigenvalue weighted by atomic mass is 9.93. The second kappa shape index (κ2) is 5.01. The van der Waals surface area contributed by atoms with Crippen molar-refractivity contribution in [3.63, 3.8) is 0 Å². The molecule has 106 valence electrons. The number of nitrogens with two attached hydrogens (primary N) is 1. The smallest absolute Gasteiger partial charge is 0.246 e. The van der Waals surface area contributed by atoms with E-state index in [1.165, 1.54) is 16.6 Å². The number of rotatable bonds is 3. The number of nitrogens with zero attached hydrogens (tertiary/aromatic N) is 2. The zero-order chi connectivity index (χ0) is 14.3. The van der Waals surface area contributed by atoms with Gasteiger partial charge in [-0.05, 0) is 33.8 Å². The van der Waals surface area contributed by atoms with Crippen LogP contribution in [0.4, 0.5) is 5.82 Å². The Balaban J connectivity index is 2.43. The number of nitrogens with one attached hydrogen (secondary N) is 1. The number of hydrogen-bond donors (Lipinski definition) is 2. The molecular weight excluding hydrogens is 332 g/mol. The molecule has 0 aromatic carbocycles. The number of hydrazine groups is 1. The predicted molar refractivity (Wildman–Crippen MR) is 76.9 cm³/mol. The van der Waals surface area contributed by atoms with E-state index < -0.39 is 10.0 Å². The monoisotopic (exact) mass is 348 g/mol. The van der Waals surface area contributed by atoms with Crippen LogP contribution in [0.5, 0.6) is 0 Å². The summed E-state index contributed by atoms with van der Waals surface area (Å²) in [5.41, 5.74) is 2.34. The van der Waals surface area contributed by atoms with Gasteiger partial charge in [0, 0.05) is 23.8 Å². The van der Waals surface area contributed by atoms with Crippen molar-refractivity contribution in [2.75, 3.05) is 18.5 Å². The van der Waals surface area contributed by atoms with Crippen LogP contribution >= 0.6 is 15.9 Å². The van der Waals surface area contributed by atoms with Crippen LogP contribution in [0.15, 0.2) is 21.6 Å². The van der Waals surface area contributed by atoms with Crippen molar-refractivity contribution in [2.45, 2.75) is 25.2 Å².